The Hall–Kier alpha value is -8.67. The summed E-state index contributed by atoms with van der Waals surface area (Å²) in [6.07, 6.45) is 0. The molecule has 0 unspecified atom stereocenters. The number of aromatic nitrogens is 4. The highest BCUT2D eigenvalue weighted by atomic mass is 15.2. The molecule has 0 radical (unpaired) electrons. The van der Waals surface area contributed by atoms with Crippen LogP contribution in [0.1, 0.15) is 0 Å². The highest BCUT2D eigenvalue weighted by Gasteiger charge is 2.31. The average Bonchev–Trinajstić information content (AvgIpc) is 3.66. The zero-order valence-electron chi connectivity index (χ0n) is 34.8. The van der Waals surface area contributed by atoms with Crippen molar-refractivity contribution in [3.63, 3.8) is 0 Å². The molecule has 9 aromatic carbocycles. The van der Waals surface area contributed by atoms with Crippen LogP contribution in [0, 0.1) is 0 Å². The van der Waals surface area contributed by atoms with Crippen LogP contribution in [-0.2, 0) is 0 Å². The first-order chi connectivity index (χ1) is 31.7. The van der Waals surface area contributed by atoms with E-state index in [1.165, 1.54) is 27.6 Å². The molecule has 0 bridgehead atoms. The molecule has 0 fully saturated rings. The predicted molar refractivity (Wildman–Crippen MR) is 263 cm³/mol. The number of nitrogens with zero attached hydrogens (tertiary/aromatic N) is 5. The van der Waals surface area contributed by atoms with Crippen molar-refractivity contribution in [2.45, 2.75) is 0 Å². The van der Waals surface area contributed by atoms with Crippen LogP contribution in [0.15, 0.2) is 237 Å². The Morgan fingerprint density at radius 1 is 0.297 bits per heavy atom. The van der Waals surface area contributed by atoms with Crippen LogP contribution in [0.25, 0.3) is 95.4 Å². The number of para-hydroxylation sites is 3. The summed E-state index contributed by atoms with van der Waals surface area (Å²) in [6, 6.07) is 83.8. The van der Waals surface area contributed by atoms with Crippen molar-refractivity contribution in [1.29, 1.82) is 0 Å². The number of benzene rings is 9. The van der Waals surface area contributed by atoms with Crippen molar-refractivity contribution in [3.8, 4) is 84.5 Å². The molecule has 0 amide bonds. The molecule has 11 aromatic rings. The minimum absolute atomic E-state index is 0.623. The van der Waals surface area contributed by atoms with Gasteiger partial charge in [0.25, 0.3) is 0 Å². The molecule has 12 rings (SSSR count). The highest BCUT2D eigenvalue weighted by molar-refractivity contribution is 6.13. The van der Waals surface area contributed by atoms with E-state index < -0.39 is 0 Å². The molecule has 5 heteroatoms. The molecule has 0 saturated carbocycles. The van der Waals surface area contributed by atoms with Gasteiger partial charge in [0.1, 0.15) is 0 Å². The fourth-order valence-corrected chi connectivity index (χ4v) is 9.22. The molecular formula is C59H39N5. The molecule has 0 atom stereocenters. The zero-order chi connectivity index (χ0) is 42.4. The number of fused-ring (bicyclic) bond motifs is 7. The molecule has 5 nitrogen and oxygen atoms in total. The van der Waals surface area contributed by atoms with Crippen LogP contribution < -0.4 is 4.90 Å². The summed E-state index contributed by atoms with van der Waals surface area (Å²) in [5.41, 5.74) is 17.6. The maximum absolute atomic E-state index is 5.03. The van der Waals surface area contributed by atoms with Gasteiger partial charge in [-0.1, -0.05) is 176 Å². The molecule has 1 aliphatic rings. The molecule has 0 N–H and O–H groups in total. The van der Waals surface area contributed by atoms with E-state index in [0.29, 0.717) is 17.5 Å². The summed E-state index contributed by atoms with van der Waals surface area (Å²) in [6.45, 7) is 0. The third-order valence-corrected chi connectivity index (χ3v) is 12.2. The van der Waals surface area contributed by atoms with Crippen molar-refractivity contribution in [2.75, 3.05) is 4.90 Å². The Morgan fingerprint density at radius 3 is 1.27 bits per heavy atom. The van der Waals surface area contributed by atoms with Gasteiger partial charge in [0.15, 0.2) is 17.5 Å². The maximum atomic E-state index is 5.03. The van der Waals surface area contributed by atoms with Crippen LogP contribution in [0.5, 0.6) is 0 Å². The molecule has 0 spiro atoms. The zero-order valence-corrected chi connectivity index (χ0v) is 34.8. The van der Waals surface area contributed by atoms with E-state index in [-0.39, 0.29) is 0 Å². The van der Waals surface area contributed by atoms with Crippen LogP contribution in [0.2, 0.25) is 0 Å². The van der Waals surface area contributed by atoms with Crippen molar-refractivity contribution in [2.24, 2.45) is 0 Å². The number of hydrogen-bond acceptors (Lipinski definition) is 4. The first-order valence-corrected chi connectivity index (χ1v) is 21.6. The predicted octanol–water partition coefficient (Wildman–Crippen LogP) is 15.3. The third kappa shape index (κ3) is 6.46. The Kier molecular flexibility index (Phi) is 9.08. The lowest BCUT2D eigenvalue weighted by molar-refractivity contribution is 1.07. The SMILES string of the molecule is c1ccc(-c2cc(-c3ccccc3)cc(N3c4ccccc4-c4c(n(-c5ccc(-c6nc(-c7ccccc7)nc(-c7ccccc7)n6)cc5)c5ccccc45)-c4ccccc43)c2)cc1. The minimum atomic E-state index is 0.623. The van der Waals surface area contributed by atoms with Gasteiger partial charge in [-0.2, -0.15) is 0 Å². The number of rotatable bonds is 7. The van der Waals surface area contributed by atoms with Gasteiger partial charge >= 0.3 is 0 Å². The summed E-state index contributed by atoms with van der Waals surface area (Å²) in [7, 11) is 0. The van der Waals surface area contributed by atoms with E-state index in [4.69, 9.17) is 15.0 Å². The standard InChI is InChI=1S/C59H39N5/c1-5-19-40(20-6-1)45-37-46(41-21-7-2-8-22-41)39-48(38-45)63-52-30-16-13-27-49(52)55-50-28-14-17-31-53(50)64(56(55)51-29-15-18-32-54(51)63)47-35-33-44(34-36-47)59-61-57(42-23-9-3-10-24-42)60-58(62-59)43-25-11-4-12-26-43/h1-39H. The molecule has 0 saturated heterocycles. The summed E-state index contributed by atoms with van der Waals surface area (Å²) in [5, 5.41) is 1.19. The maximum Gasteiger partial charge on any atom is 0.164 e. The van der Waals surface area contributed by atoms with Crippen molar-refractivity contribution in [3.05, 3.63) is 237 Å². The minimum Gasteiger partial charge on any atom is -0.309 e. The first-order valence-electron chi connectivity index (χ1n) is 21.6. The van der Waals surface area contributed by atoms with E-state index in [1.807, 2.05) is 60.7 Å². The smallest absolute Gasteiger partial charge is 0.164 e. The highest BCUT2D eigenvalue weighted by Crippen LogP contribution is 2.55. The van der Waals surface area contributed by atoms with Crippen LogP contribution in [0.3, 0.4) is 0 Å². The second kappa shape index (κ2) is 15.7. The van der Waals surface area contributed by atoms with Gasteiger partial charge in [0.2, 0.25) is 0 Å². The van der Waals surface area contributed by atoms with Gasteiger partial charge in [-0.15, -0.1) is 0 Å². The topological polar surface area (TPSA) is 46.8 Å². The van der Waals surface area contributed by atoms with Gasteiger partial charge in [-0.05, 0) is 82.9 Å². The molecule has 3 heterocycles. The summed E-state index contributed by atoms with van der Waals surface area (Å²) >= 11 is 0. The van der Waals surface area contributed by atoms with Crippen LogP contribution >= 0.6 is 0 Å². The van der Waals surface area contributed by atoms with Gasteiger partial charge in [-0.25, -0.2) is 15.0 Å². The van der Waals surface area contributed by atoms with Crippen LogP contribution in [0.4, 0.5) is 17.1 Å². The molecular weight excluding hydrogens is 779 g/mol. The quantitative estimate of drug-likeness (QED) is 0.161. The monoisotopic (exact) mass is 817 g/mol. The number of hydrogen-bond donors (Lipinski definition) is 0. The third-order valence-electron chi connectivity index (χ3n) is 12.2. The van der Waals surface area contributed by atoms with Gasteiger partial charge in [0.05, 0.1) is 22.6 Å². The lowest BCUT2D eigenvalue weighted by Gasteiger charge is -2.28. The van der Waals surface area contributed by atoms with E-state index in [1.54, 1.807) is 0 Å². The lowest BCUT2D eigenvalue weighted by Crippen LogP contribution is -2.11. The van der Waals surface area contributed by atoms with E-state index >= 15 is 0 Å². The lowest BCUT2D eigenvalue weighted by atomic mass is 9.97. The fourth-order valence-electron chi connectivity index (χ4n) is 9.22. The molecule has 64 heavy (non-hydrogen) atoms. The van der Waals surface area contributed by atoms with Crippen molar-refractivity contribution in [1.82, 2.24) is 19.5 Å². The summed E-state index contributed by atoms with van der Waals surface area (Å²) in [5.74, 6) is 1.90. The summed E-state index contributed by atoms with van der Waals surface area (Å²) in [4.78, 5) is 17.5. The molecule has 1 aliphatic heterocycles. The first kappa shape index (κ1) is 37.1. The Labute approximate surface area is 371 Å². The summed E-state index contributed by atoms with van der Waals surface area (Å²) < 4.78 is 2.43. The van der Waals surface area contributed by atoms with Crippen molar-refractivity contribution >= 4 is 28.0 Å². The average molecular weight is 818 g/mol. The number of anilines is 3. The van der Waals surface area contributed by atoms with Crippen molar-refractivity contribution < 1.29 is 0 Å². The molecule has 2 aromatic heterocycles. The Bertz CT molecular complexity index is 3360. The molecule has 300 valence electrons. The largest absolute Gasteiger partial charge is 0.309 e. The van der Waals surface area contributed by atoms with E-state index in [9.17, 15) is 0 Å². The van der Waals surface area contributed by atoms with E-state index in [0.717, 1.165) is 67.3 Å². The second-order valence-electron chi connectivity index (χ2n) is 16.0. The van der Waals surface area contributed by atoms with Gasteiger partial charge in [-0.3, -0.25) is 0 Å². The normalized spacial score (nSPS) is 11.7. The van der Waals surface area contributed by atoms with Gasteiger partial charge in [0, 0.05) is 50.1 Å². The van der Waals surface area contributed by atoms with Crippen LogP contribution in [-0.4, -0.2) is 19.5 Å². The Morgan fingerprint density at radius 2 is 0.719 bits per heavy atom. The Balaban J connectivity index is 1.06. The van der Waals surface area contributed by atoms with Gasteiger partial charge < -0.3 is 9.47 Å². The second-order valence-corrected chi connectivity index (χ2v) is 16.0. The van der Waals surface area contributed by atoms with E-state index in [2.05, 4.69) is 185 Å². The molecule has 0 aliphatic carbocycles. The fraction of sp³-hybridized carbons (Fsp3) is 0.